The number of amides is 1. The largest absolute Gasteiger partial charge is 0.396 e. The molecule has 2 N–H and O–H groups in total. The molecular formula is C14H21NO3. The van der Waals surface area contributed by atoms with Crippen molar-refractivity contribution >= 4 is 5.91 Å². The topological polar surface area (TPSA) is 58.6 Å². The summed E-state index contributed by atoms with van der Waals surface area (Å²) in [6.45, 7) is 2.57. The van der Waals surface area contributed by atoms with E-state index >= 15 is 0 Å². The lowest BCUT2D eigenvalue weighted by Crippen LogP contribution is -2.35. The van der Waals surface area contributed by atoms with E-state index in [0.717, 1.165) is 12.0 Å². The minimum absolute atomic E-state index is 0.0218. The Morgan fingerprint density at radius 2 is 2.28 bits per heavy atom. The molecule has 0 spiro atoms. The highest BCUT2D eigenvalue weighted by Gasteiger charge is 2.11. The molecule has 0 saturated heterocycles. The van der Waals surface area contributed by atoms with Crippen molar-refractivity contribution in [2.75, 3.05) is 13.7 Å². The second-order valence-corrected chi connectivity index (χ2v) is 4.22. The first kappa shape index (κ1) is 14.7. The maximum atomic E-state index is 12.0. The lowest BCUT2D eigenvalue weighted by molar-refractivity contribution is 0.0929. The Morgan fingerprint density at radius 3 is 2.89 bits per heavy atom. The number of rotatable bonds is 7. The monoisotopic (exact) mass is 251 g/mol. The van der Waals surface area contributed by atoms with Crippen LogP contribution in [0.25, 0.3) is 0 Å². The van der Waals surface area contributed by atoms with E-state index in [1.54, 1.807) is 13.2 Å². The molecule has 0 aliphatic rings. The van der Waals surface area contributed by atoms with Crippen LogP contribution < -0.4 is 5.32 Å². The Hall–Kier alpha value is -1.39. The zero-order valence-corrected chi connectivity index (χ0v) is 11.0. The summed E-state index contributed by atoms with van der Waals surface area (Å²) in [6, 6.07) is 7.39. The third kappa shape index (κ3) is 4.47. The fourth-order valence-corrected chi connectivity index (χ4v) is 1.77. The number of nitrogens with one attached hydrogen (secondary N) is 1. The highest BCUT2D eigenvalue weighted by atomic mass is 16.5. The number of benzene rings is 1. The first-order chi connectivity index (χ1) is 8.71. The van der Waals surface area contributed by atoms with Crippen LogP contribution in [-0.4, -0.2) is 30.8 Å². The van der Waals surface area contributed by atoms with Crippen molar-refractivity contribution in [1.29, 1.82) is 0 Å². The van der Waals surface area contributed by atoms with Crippen molar-refractivity contribution in [3.05, 3.63) is 35.4 Å². The third-order valence-electron chi connectivity index (χ3n) is 2.81. The van der Waals surface area contributed by atoms with Crippen LogP contribution in [0.15, 0.2) is 24.3 Å². The zero-order valence-electron chi connectivity index (χ0n) is 11.0. The minimum atomic E-state index is -0.103. The van der Waals surface area contributed by atoms with Gasteiger partial charge in [0.15, 0.2) is 0 Å². The van der Waals surface area contributed by atoms with Gasteiger partial charge in [0.25, 0.3) is 5.91 Å². The second-order valence-electron chi connectivity index (χ2n) is 4.22. The summed E-state index contributed by atoms with van der Waals surface area (Å²) in [5.74, 6) is -0.103. The average Bonchev–Trinajstić information content (AvgIpc) is 2.39. The van der Waals surface area contributed by atoms with Gasteiger partial charge < -0.3 is 15.2 Å². The van der Waals surface area contributed by atoms with Gasteiger partial charge in [0.1, 0.15) is 0 Å². The number of carbonyl (C=O) groups is 1. The number of hydrogen-bond donors (Lipinski definition) is 2. The molecule has 0 aliphatic heterocycles. The molecule has 0 saturated carbocycles. The molecule has 0 radical (unpaired) electrons. The maximum absolute atomic E-state index is 12.0. The first-order valence-electron chi connectivity index (χ1n) is 6.20. The number of methoxy groups -OCH3 is 1. The van der Waals surface area contributed by atoms with Crippen molar-refractivity contribution in [3.8, 4) is 0 Å². The van der Waals surface area contributed by atoms with E-state index in [1.807, 2.05) is 25.1 Å². The lowest BCUT2D eigenvalue weighted by Gasteiger charge is -2.16. The van der Waals surface area contributed by atoms with Gasteiger partial charge in [-0.25, -0.2) is 0 Å². The molecule has 1 amide bonds. The molecule has 1 rings (SSSR count). The Kier molecular flexibility index (Phi) is 6.39. The van der Waals surface area contributed by atoms with Crippen molar-refractivity contribution in [3.63, 3.8) is 0 Å². The van der Waals surface area contributed by atoms with Gasteiger partial charge in [-0.3, -0.25) is 4.79 Å². The Labute approximate surface area is 108 Å². The van der Waals surface area contributed by atoms with Gasteiger partial charge in [-0.1, -0.05) is 19.1 Å². The molecule has 0 bridgehead atoms. The fraction of sp³-hybridized carbons (Fsp3) is 0.500. The van der Waals surface area contributed by atoms with Crippen molar-refractivity contribution in [2.45, 2.75) is 32.4 Å². The first-order valence-corrected chi connectivity index (χ1v) is 6.20. The van der Waals surface area contributed by atoms with E-state index in [4.69, 9.17) is 9.84 Å². The quantitative estimate of drug-likeness (QED) is 0.776. The van der Waals surface area contributed by atoms with Gasteiger partial charge in [-0.05, 0) is 30.5 Å². The molecule has 1 aromatic carbocycles. The predicted octanol–water partition coefficient (Wildman–Crippen LogP) is 1.72. The molecule has 0 aromatic heterocycles. The Morgan fingerprint density at radius 1 is 1.50 bits per heavy atom. The predicted molar refractivity (Wildman–Crippen MR) is 70.4 cm³/mol. The van der Waals surface area contributed by atoms with Crippen molar-refractivity contribution in [2.24, 2.45) is 0 Å². The number of carbonyl (C=O) groups excluding carboxylic acids is 1. The molecule has 1 aromatic rings. The Bertz CT molecular complexity index is 379. The smallest absolute Gasteiger partial charge is 0.251 e. The van der Waals surface area contributed by atoms with Crippen LogP contribution >= 0.6 is 0 Å². The van der Waals surface area contributed by atoms with Crippen LogP contribution in [0, 0.1) is 0 Å². The fourth-order valence-electron chi connectivity index (χ4n) is 1.77. The molecular weight excluding hydrogens is 230 g/mol. The summed E-state index contributed by atoms with van der Waals surface area (Å²) in [6.07, 6.45) is 1.39. The summed E-state index contributed by atoms with van der Waals surface area (Å²) in [4.78, 5) is 12.0. The van der Waals surface area contributed by atoms with E-state index < -0.39 is 0 Å². The second kappa shape index (κ2) is 7.84. The number of hydrogen-bond acceptors (Lipinski definition) is 3. The molecule has 4 nitrogen and oxygen atoms in total. The van der Waals surface area contributed by atoms with E-state index in [0.29, 0.717) is 18.6 Å². The standard InChI is InChI=1S/C14H21NO3/c1-3-13(7-8-16)15-14(17)12-6-4-5-11(9-12)10-18-2/h4-6,9,13,16H,3,7-8,10H2,1-2H3,(H,15,17). The van der Waals surface area contributed by atoms with Gasteiger partial charge in [0.2, 0.25) is 0 Å². The SMILES string of the molecule is CCC(CCO)NC(=O)c1cccc(COC)c1. The van der Waals surface area contributed by atoms with Gasteiger partial charge >= 0.3 is 0 Å². The van der Waals surface area contributed by atoms with Gasteiger partial charge in [0, 0.05) is 25.3 Å². The lowest BCUT2D eigenvalue weighted by atomic mass is 10.1. The summed E-state index contributed by atoms with van der Waals surface area (Å²) in [5.41, 5.74) is 1.60. The van der Waals surface area contributed by atoms with Crippen LogP contribution in [0.5, 0.6) is 0 Å². The van der Waals surface area contributed by atoms with Crippen molar-refractivity contribution < 1.29 is 14.6 Å². The summed E-state index contributed by atoms with van der Waals surface area (Å²) in [7, 11) is 1.63. The van der Waals surface area contributed by atoms with Gasteiger partial charge in [-0.2, -0.15) is 0 Å². The van der Waals surface area contributed by atoms with Crippen LogP contribution in [0.2, 0.25) is 0 Å². The van der Waals surface area contributed by atoms with E-state index in [2.05, 4.69) is 5.32 Å². The molecule has 0 fully saturated rings. The molecule has 1 atom stereocenters. The third-order valence-corrected chi connectivity index (χ3v) is 2.81. The van der Waals surface area contributed by atoms with Crippen molar-refractivity contribution in [1.82, 2.24) is 5.32 Å². The van der Waals surface area contributed by atoms with Crippen LogP contribution in [0.4, 0.5) is 0 Å². The highest BCUT2D eigenvalue weighted by Crippen LogP contribution is 2.07. The van der Waals surface area contributed by atoms with Crippen LogP contribution in [0.1, 0.15) is 35.7 Å². The van der Waals surface area contributed by atoms with E-state index in [9.17, 15) is 4.79 Å². The normalized spacial score (nSPS) is 12.2. The molecule has 100 valence electrons. The van der Waals surface area contributed by atoms with Gasteiger partial charge in [0.05, 0.1) is 6.61 Å². The number of ether oxygens (including phenoxy) is 1. The summed E-state index contributed by atoms with van der Waals surface area (Å²) in [5, 5.41) is 11.8. The molecule has 1 unspecified atom stereocenters. The number of aliphatic hydroxyl groups excluding tert-OH is 1. The minimum Gasteiger partial charge on any atom is -0.396 e. The molecule has 0 aliphatic carbocycles. The number of aliphatic hydroxyl groups is 1. The van der Waals surface area contributed by atoms with Crippen LogP contribution in [0.3, 0.4) is 0 Å². The Balaban J connectivity index is 2.68. The molecule has 0 heterocycles. The average molecular weight is 251 g/mol. The highest BCUT2D eigenvalue weighted by molar-refractivity contribution is 5.94. The zero-order chi connectivity index (χ0) is 13.4. The summed E-state index contributed by atoms with van der Waals surface area (Å²) < 4.78 is 5.04. The van der Waals surface area contributed by atoms with Crippen LogP contribution in [-0.2, 0) is 11.3 Å². The molecule has 4 heteroatoms. The van der Waals surface area contributed by atoms with E-state index in [1.165, 1.54) is 0 Å². The van der Waals surface area contributed by atoms with Gasteiger partial charge in [-0.15, -0.1) is 0 Å². The maximum Gasteiger partial charge on any atom is 0.251 e. The van der Waals surface area contributed by atoms with E-state index in [-0.39, 0.29) is 18.6 Å². The molecule has 18 heavy (non-hydrogen) atoms. The summed E-state index contributed by atoms with van der Waals surface area (Å²) >= 11 is 0.